The Hall–Kier alpha value is -2.07. The van der Waals surface area contributed by atoms with Gasteiger partial charge >= 0.3 is 0 Å². The van der Waals surface area contributed by atoms with Crippen molar-refractivity contribution in [2.75, 3.05) is 0 Å². The van der Waals surface area contributed by atoms with Crippen LogP contribution in [0.1, 0.15) is 22.3 Å². The number of hydrogen-bond acceptors (Lipinski definition) is 5. The van der Waals surface area contributed by atoms with Gasteiger partial charge < -0.3 is 10.1 Å². The zero-order valence-electron chi connectivity index (χ0n) is 17.7. The number of nitrogens with one attached hydrogen (secondary N) is 1. The lowest BCUT2D eigenvalue weighted by atomic mass is 10.1. The fourth-order valence-electron chi connectivity index (χ4n) is 3.16. The first-order valence-corrected chi connectivity index (χ1v) is 13.4. The highest BCUT2D eigenvalue weighted by Gasteiger charge is 2.24. The van der Waals surface area contributed by atoms with E-state index < -0.39 is 0 Å². The van der Waals surface area contributed by atoms with Crippen LogP contribution in [0.5, 0.6) is 5.75 Å². The molecule has 1 fully saturated rings. The number of rotatable bonds is 5. The molecular formula is C25H16ClI2N3O2S. The molecule has 34 heavy (non-hydrogen) atoms. The van der Waals surface area contributed by atoms with Crippen molar-refractivity contribution in [2.24, 2.45) is 4.99 Å². The van der Waals surface area contributed by atoms with E-state index in [0.717, 1.165) is 35.3 Å². The first-order chi connectivity index (χ1) is 16.4. The highest BCUT2D eigenvalue weighted by molar-refractivity contribution is 14.1. The van der Waals surface area contributed by atoms with E-state index in [2.05, 4.69) is 61.6 Å². The van der Waals surface area contributed by atoms with Crippen molar-refractivity contribution in [1.29, 1.82) is 5.26 Å². The van der Waals surface area contributed by atoms with E-state index in [-0.39, 0.29) is 5.91 Å². The van der Waals surface area contributed by atoms with Gasteiger partial charge in [-0.05, 0) is 111 Å². The molecule has 0 unspecified atom stereocenters. The average Bonchev–Trinajstić information content (AvgIpc) is 3.15. The fourth-order valence-corrected chi connectivity index (χ4v) is 6.30. The Balaban J connectivity index is 1.53. The van der Waals surface area contributed by atoms with Crippen LogP contribution in [0.15, 0.2) is 64.5 Å². The van der Waals surface area contributed by atoms with Crippen molar-refractivity contribution >= 4 is 91.4 Å². The summed E-state index contributed by atoms with van der Waals surface area (Å²) in [5, 5.41) is 13.2. The lowest BCUT2D eigenvalue weighted by molar-refractivity contribution is -0.115. The van der Waals surface area contributed by atoms with E-state index in [1.807, 2.05) is 61.5 Å². The molecule has 0 bridgehead atoms. The number of amides is 1. The number of carbonyl (C=O) groups excluding carboxylic acids is 1. The van der Waals surface area contributed by atoms with Gasteiger partial charge in [-0.2, -0.15) is 5.26 Å². The summed E-state index contributed by atoms with van der Waals surface area (Å²) in [5.74, 6) is 0.556. The van der Waals surface area contributed by atoms with Crippen LogP contribution >= 0.6 is 68.5 Å². The summed E-state index contributed by atoms with van der Waals surface area (Å²) in [6, 6.07) is 19.0. The summed E-state index contributed by atoms with van der Waals surface area (Å²) >= 11 is 11.9. The van der Waals surface area contributed by atoms with Crippen LogP contribution in [0.2, 0.25) is 5.02 Å². The third-order valence-corrected chi connectivity index (χ3v) is 7.86. The van der Waals surface area contributed by atoms with Crippen molar-refractivity contribution in [3.63, 3.8) is 0 Å². The predicted octanol–water partition coefficient (Wildman–Crippen LogP) is 7.20. The second kappa shape index (κ2) is 11.1. The second-order valence-electron chi connectivity index (χ2n) is 7.24. The van der Waals surface area contributed by atoms with E-state index in [1.165, 1.54) is 11.8 Å². The SMILES string of the molecule is Cc1c(Cl)cccc1N=C1NC(=O)/C(=C\c2cc(I)c(OCc3ccccc3C#N)c(I)c2)S1. The number of amidine groups is 1. The van der Waals surface area contributed by atoms with Crippen LogP contribution in [0, 0.1) is 25.4 Å². The van der Waals surface area contributed by atoms with Crippen molar-refractivity contribution < 1.29 is 9.53 Å². The highest BCUT2D eigenvalue weighted by Crippen LogP contribution is 2.34. The van der Waals surface area contributed by atoms with Gasteiger partial charge in [0.05, 0.1) is 29.4 Å². The van der Waals surface area contributed by atoms with Crippen molar-refractivity contribution in [3.8, 4) is 11.8 Å². The van der Waals surface area contributed by atoms with Gasteiger partial charge in [-0.25, -0.2) is 4.99 Å². The number of thioether (sulfide) groups is 1. The maximum Gasteiger partial charge on any atom is 0.264 e. The molecule has 9 heteroatoms. The molecule has 0 aliphatic carbocycles. The number of aliphatic imine (C=N–C) groups is 1. The van der Waals surface area contributed by atoms with Crippen LogP contribution in [-0.4, -0.2) is 11.1 Å². The minimum absolute atomic E-state index is 0.193. The normalized spacial score (nSPS) is 15.4. The molecule has 1 aliphatic heterocycles. The molecule has 0 spiro atoms. The standard InChI is InChI=1S/C25H16ClI2N3O2S/c1-14-18(26)7-4-8-21(14)30-25-31-24(32)22(34-25)11-15-9-19(27)23(20(28)10-15)33-13-17-6-3-2-5-16(17)12-29/h2-11H,13H2,1H3,(H,30,31,32)/b22-11+. The number of ether oxygens (including phenoxy) is 1. The van der Waals surface area contributed by atoms with Crippen LogP contribution in [0.3, 0.4) is 0 Å². The number of benzene rings is 3. The van der Waals surface area contributed by atoms with Crippen molar-refractivity contribution in [3.05, 3.63) is 93.9 Å². The first kappa shape index (κ1) is 25.0. The molecule has 1 saturated heterocycles. The average molecular weight is 712 g/mol. The fraction of sp³-hybridized carbons (Fsp3) is 0.0800. The van der Waals surface area contributed by atoms with E-state index >= 15 is 0 Å². The lowest BCUT2D eigenvalue weighted by Crippen LogP contribution is -2.19. The van der Waals surface area contributed by atoms with Gasteiger partial charge in [-0.3, -0.25) is 4.79 Å². The molecule has 0 aromatic heterocycles. The van der Waals surface area contributed by atoms with Gasteiger partial charge in [0.25, 0.3) is 5.91 Å². The Morgan fingerprint density at radius 2 is 1.91 bits per heavy atom. The minimum Gasteiger partial charge on any atom is -0.487 e. The molecule has 1 heterocycles. The Morgan fingerprint density at radius 1 is 1.18 bits per heavy atom. The summed E-state index contributed by atoms with van der Waals surface area (Å²) in [6.07, 6.45) is 1.84. The first-order valence-electron chi connectivity index (χ1n) is 10.00. The summed E-state index contributed by atoms with van der Waals surface area (Å²) < 4.78 is 7.87. The predicted molar refractivity (Wildman–Crippen MR) is 154 cm³/mol. The lowest BCUT2D eigenvalue weighted by Gasteiger charge is -2.12. The topological polar surface area (TPSA) is 74.5 Å². The Morgan fingerprint density at radius 3 is 2.65 bits per heavy atom. The Bertz CT molecular complexity index is 1380. The zero-order valence-corrected chi connectivity index (χ0v) is 23.6. The monoisotopic (exact) mass is 711 g/mol. The van der Waals surface area contributed by atoms with Crippen LogP contribution in [-0.2, 0) is 11.4 Å². The molecule has 5 nitrogen and oxygen atoms in total. The molecule has 170 valence electrons. The number of nitriles is 1. The van der Waals surface area contributed by atoms with Crippen molar-refractivity contribution in [1.82, 2.24) is 5.32 Å². The van der Waals surface area contributed by atoms with Crippen LogP contribution in [0.25, 0.3) is 6.08 Å². The van der Waals surface area contributed by atoms with E-state index in [9.17, 15) is 10.1 Å². The molecule has 3 aromatic rings. The minimum atomic E-state index is -0.193. The quantitative estimate of drug-likeness (QED) is 0.225. The summed E-state index contributed by atoms with van der Waals surface area (Å²) in [7, 11) is 0. The summed E-state index contributed by atoms with van der Waals surface area (Å²) in [4.78, 5) is 17.6. The van der Waals surface area contributed by atoms with Gasteiger partial charge in [0.1, 0.15) is 12.4 Å². The Kier molecular flexibility index (Phi) is 8.18. The highest BCUT2D eigenvalue weighted by atomic mass is 127. The van der Waals surface area contributed by atoms with Gasteiger partial charge in [0, 0.05) is 10.6 Å². The van der Waals surface area contributed by atoms with Crippen LogP contribution < -0.4 is 10.1 Å². The number of nitrogens with zero attached hydrogens (tertiary/aromatic N) is 2. The zero-order chi connectivity index (χ0) is 24.2. The molecule has 0 atom stereocenters. The molecule has 1 N–H and O–H groups in total. The largest absolute Gasteiger partial charge is 0.487 e. The summed E-state index contributed by atoms with van der Waals surface area (Å²) in [6.45, 7) is 2.20. The smallest absolute Gasteiger partial charge is 0.264 e. The maximum atomic E-state index is 12.5. The number of carbonyl (C=O) groups is 1. The van der Waals surface area contributed by atoms with Crippen LogP contribution in [0.4, 0.5) is 5.69 Å². The molecule has 1 amide bonds. The number of hydrogen-bond donors (Lipinski definition) is 1. The van der Waals surface area contributed by atoms with Gasteiger partial charge in [-0.1, -0.05) is 35.9 Å². The Labute approximate surface area is 233 Å². The third kappa shape index (κ3) is 5.76. The van der Waals surface area contributed by atoms with E-state index in [4.69, 9.17) is 16.3 Å². The maximum absolute atomic E-state index is 12.5. The molecule has 4 rings (SSSR count). The molecular weight excluding hydrogens is 696 g/mol. The van der Waals surface area contributed by atoms with Gasteiger partial charge in [0.15, 0.2) is 5.17 Å². The second-order valence-corrected chi connectivity index (χ2v) is 11.0. The summed E-state index contributed by atoms with van der Waals surface area (Å²) in [5.41, 5.74) is 3.91. The molecule has 3 aromatic carbocycles. The van der Waals surface area contributed by atoms with E-state index in [1.54, 1.807) is 6.07 Å². The molecule has 1 aliphatic rings. The van der Waals surface area contributed by atoms with Gasteiger partial charge in [-0.15, -0.1) is 0 Å². The van der Waals surface area contributed by atoms with E-state index in [0.29, 0.717) is 27.3 Å². The van der Waals surface area contributed by atoms with Crippen molar-refractivity contribution in [2.45, 2.75) is 13.5 Å². The number of halogens is 3. The van der Waals surface area contributed by atoms with Gasteiger partial charge in [0.2, 0.25) is 0 Å². The molecule has 0 saturated carbocycles. The third-order valence-electron chi connectivity index (χ3n) is 4.94. The molecule has 0 radical (unpaired) electrons.